The number of hydrogen-bond acceptors (Lipinski definition) is 3. The van der Waals surface area contributed by atoms with Gasteiger partial charge in [-0.2, -0.15) is 5.10 Å². The lowest BCUT2D eigenvalue weighted by Gasteiger charge is -2.20. The van der Waals surface area contributed by atoms with Gasteiger partial charge in [0.05, 0.1) is 12.2 Å². The summed E-state index contributed by atoms with van der Waals surface area (Å²) in [5.41, 5.74) is 7.81. The largest absolute Gasteiger partial charge is 0.370 e. The Morgan fingerprint density at radius 2 is 2.00 bits per heavy atom. The lowest BCUT2D eigenvalue weighted by molar-refractivity contribution is 0.508. The van der Waals surface area contributed by atoms with E-state index >= 15 is 0 Å². The highest BCUT2D eigenvalue weighted by molar-refractivity contribution is 5.78. The van der Waals surface area contributed by atoms with Gasteiger partial charge in [0.1, 0.15) is 12.7 Å². The molecule has 0 aliphatic carbocycles. The molecule has 0 radical (unpaired) electrons. The van der Waals surface area contributed by atoms with Crippen LogP contribution in [0.25, 0.3) is 5.69 Å². The molecule has 6 nitrogen and oxygen atoms in total. The van der Waals surface area contributed by atoms with Crippen LogP contribution in [-0.2, 0) is 6.54 Å². The molecule has 1 aromatic carbocycles. The molecule has 0 aliphatic heterocycles. The van der Waals surface area contributed by atoms with Crippen LogP contribution in [0, 0.1) is 0 Å². The first-order valence-corrected chi connectivity index (χ1v) is 6.46. The highest BCUT2D eigenvalue weighted by Gasteiger charge is 2.09. The molecule has 0 saturated carbocycles. The molecule has 0 spiro atoms. The van der Waals surface area contributed by atoms with Crippen molar-refractivity contribution in [1.29, 1.82) is 0 Å². The SMILES string of the molecule is CC(C)(C)NC(N)=NCc1ccc(-n2cncn2)cc1. The van der Waals surface area contributed by atoms with Crippen LogP contribution in [0.2, 0.25) is 0 Å². The number of guanidine groups is 1. The maximum atomic E-state index is 5.83. The van der Waals surface area contributed by atoms with E-state index in [1.807, 2.05) is 45.0 Å². The monoisotopic (exact) mass is 272 g/mol. The minimum atomic E-state index is -0.0788. The quantitative estimate of drug-likeness (QED) is 0.655. The first-order valence-electron chi connectivity index (χ1n) is 6.46. The lowest BCUT2D eigenvalue weighted by atomic mass is 10.1. The molecular weight excluding hydrogens is 252 g/mol. The van der Waals surface area contributed by atoms with E-state index in [4.69, 9.17) is 5.73 Å². The third-order valence-corrected chi connectivity index (χ3v) is 2.55. The number of nitrogens with two attached hydrogens (primary N) is 1. The van der Waals surface area contributed by atoms with Crippen molar-refractivity contribution in [3.63, 3.8) is 0 Å². The maximum Gasteiger partial charge on any atom is 0.189 e. The van der Waals surface area contributed by atoms with E-state index in [2.05, 4.69) is 20.4 Å². The molecule has 3 N–H and O–H groups in total. The van der Waals surface area contributed by atoms with E-state index in [0.29, 0.717) is 12.5 Å². The Morgan fingerprint density at radius 3 is 2.55 bits per heavy atom. The Kier molecular flexibility index (Phi) is 4.02. The molecular formula is C14H20N6. The van der Waals surface area contributed by atoms with E-state index < -0.39 is 0 Å². The van der Waals surface area contributed by atoms with Crippen LogP contribution < -0.4 is 11.1 Å². The van der Waals surface area contributed by atoms with Crippen molar-refractivity contribution in [1.82, 2.24) is 20.1 Å². The third-order valence-electron chi connectivity index (χ3n) is 2.55. The highest BCUT2D eigenvalue weighted by Crippen LogP contribution is 2.09. The fraction of sp³-hybridized carbons (Fsp3) is 0.357. The second-order valence-electron chi connectivity index (χ2n) is 5.58. The third kappa shape index (κ3) is 4.08. The van der Waals surface area contributed by atoms with E-state index in [1.54, 1.807) is 11.0 Å². The summed E-state index contributed by atoms with van der Waals surface area (Å²) in [6, 6.07) is 7.97. The van der Waals surface area contributed by atoms with Crippen molar-refractivity contribution in [3.8, 4) is 5.69 Å². The van der Waals surface area contributed by atoms with Crippen LogP contribution in [0.15, 0.2) is 41.9 Å². The van der Waals surface area contributed by atoms with Gasteiger partial charge in [-0.1, -0.05) is 12.1 Å². The molecule has 0 bridgehead atoms. The number of aliphatic imine (C=N–C) groups is 1. The Balaban J connectivity index is 1.99. The summed E-state index contributed by atoms with van der Waals surface area (Å²) >= 11 is 0. The molecule has 2 rings (SSSR count). The number of benzene rings is 1. The van der Waals surface area contributed by atoms with E-state index in [-0.39, 0.29) is 5.54 Å². The van der Waals surface area contributed by atoms with Crippen molar-refractivity contribution in [2.75, 3.05) is 0 Å². The van der Waals surface area contributed by atoms with Crippen molar-refractivity contribution in [3.05, 3.63) is 42.5 Å². The molecule has 1 aromatic heterocycles. The number of nitrogens with one attached hydrogen (secondary N) is 1. The first kappa shape index (κ1) is 14.0. The van der Waals surface area contributed by atoms with Crippen LogP contribution in [0.5, 0.6) is 0 Å². The predicted octanol–water partition coefficient (Wildman–Crippen LogP) is 1.47. The van der Waals surface area contributed by atoms with Gasteiger partial charge in [-0.25, -0.2) is 14.7 Å². The summed E-state index contributed by atoms with van der Waals surface area (Å²) in [5.74, 6) is 0.456. The van der Waals surface area contributed by atoms with Crippen molar-refractivity contribution in [2.45, 2.75) is 32.9 Å². The molecule has 1 heterocycles. The molecule has 20 heavy (non-hydrogen) atoms. The molecule has 0 amide bonds. The molecule has 0 unspecified atom stereocenters. The zero-order valence-corrected chi connectivity index (χ0v) is 12.0. The predicted molar refractivity (Wildman–Crippen MR) is 79.6 cm³/mol. The van der Waals surface area contributed by atoms with Crippen LogP contribution in [0.4, 0.5) is 0 Å². The summed E-state index contributed by atoms with van der Waals surface area (Å²) in [6.45, 7) is 6.68. The molecule has 2 aromatic rings. The molecule has 6 heteroatoms. The molecule has 0 fully saturated rings. The topological polar surface area (TPSA) is 81.1 Å². The number of rotatable bonds is 3. The molecule has 106 valence electrons. The number of aromatic nitrogens is 3. The van der Waals surface area contributed by atoms with Gasteiger partial charge in [0.15, 0.2) is 5.96 Å². The Bertz CT molecular complexity index is 563. The van der Waals surface area contributed by atoms with E-state index in [0.717, 1.165) is 11.3 Å². The smallest absolute Gasteiger partial charge is 0.189 e. The van der Waals surface area contributed by atoms with Gasteiger partial charge in [0, 0.05) is 5.54 Å². The Labute approximate surface area is 118 Å². The zero-order chi connectivity index (χ0) is 14.6. The average Bonchev–Trinajstić information content (AvgIpc) is 2.89. The fourth-order valence-corrected chi connectivity index (χ4v) is 1.70. The van der Waals surface area contributed by atoms with Crippen molar-refractivity contribution < 1.29 is 0 Å². The van der Waals surface area contributed by atoms with Gasteiger partial charge in [-0.05, 0) is 38.5 Å². The van der Waals surface area contributed by atoms with E-state index in [1.165, 1.54) is 6.33 Å². The fourth-order valence-electron chi connectivity index (χ4n) is 1.70. The zero-order valence-electron chi connectivity index (χ0n) is 12.0. The summed E-state index contributed by atoms with van der Waals surface area (Å²) in [7, 11) is 0. The minimum Gasteiger partial charge on any atom is -0.370 e. The molecule has 0 saturated heterocycles. The molecule has 0 aliphatic rings. The Hall–Kier alpha value is -2.37. The normalized spacial score (nSPS) is 12.4. The van der Waals surface area contributed by atoms with Gasteiger partial charge < -0.3 is 11.1 Å². The van der Waals surface area contributed by atoms with Crippen LogP contribution in [0.3, 0.4) is 0 Å². The van der Waals surface area contributed by atoms with Gasteiger partial charge in [0.2, 0.25) is 0 Å². The second kappa shape index (κ2) is 5.73. The minimum absolute atomic E-state index is 0.0788. The van der Waals surface area contributed by atoms with Gasteiger partial charge in [-0.3, -0.25) is 0 Å². The van der Waals surface area contributed by atoms with Crippen molar-refractivity contribution >= 4 is 5.96 Å². The average molecular weight is 272 g/mol. The standard InChI is InChI=1S/C14H20N6/c1-14(2,3)19-13(15)17-8-11-4-6-12(7-5-11)20-10-16-9-18-20/h4-7,9-10H,8H2,1-3H3,(H3,15,17,19). The first-order chi connectivity index (χ1) is 9.44. The Morgan fingerprint density at radius 1 is 1.30 bits per heavy atom. The van der Waals surface area contributed by atoms with Crippen LogP contribution in [0.1, 0.15) is 26.3 Å². The summed E-state index contributed by atoms with van der Waals surface area (Å²) in [4.78, 5) is 8.24. The van der Waals surface area contributed by atoms with Crippen molar-refractivity contribution in [2.24, 2.45) is 10.7 Å². The number of hydrogen-bond donors (Lipinski definition) is 2. The summed E-state index contributed by atoms with van der Waals surface area (Å²) < 4.78 is 1.71. The van der Waals surface area contributed by atoms with Gasteiger partial charge in [0.25, 0.3) is 0 Å². The van der Waals surface area contributed by atoms with E-state index in [9.17, 15) is 0 Å². The van der Waals surface area contributed by atoms with Crippen LogP contribution in [-0.4, -0.2) is 26.3 Å². The molecule has 0 atom stereocenters. The summed E-state index contributed by atoms with van der Waals surface area (Å²) in [5, 5.41) is 7.21. The highest BCUT2D eigenvalue weighted by atomic mass is 15.3. The maximum absolute atomic E-state index is 5.83. The number of nitrogens with zero attached hydrogens (tertiary/aromatic N) is 4. The van der Waals surface area contributed by atoms with Gasteiger partial charge in [-0.15, -0.1) is 0 Å². The lowest BCUT2D eigenvalue weighted by Crippen LogP contribution is -2.44. The second-order valence-corrected chi connectivity index (χ2v) is 5.58. The summed E-state index contributed by atoms with van der Waals surface area (Å²) in [6.07, 6.45) is 3.18. The van der Waals surface area contributed by atoms with Crippen LogP contribution >= 0.6 is 0 Å². The van der Waals surface area contributed by atoms with Gasteiger partial charge >= 0.3 is 0 Å².